The van der Waals surface area contributed by atoms with Crippen LogP contribution in [-0.2, 0) is 13.3 Å². The fourth-order valence-electron chi connectivity index (χ4n) is 10.3. The van der Waals surface area contributed by atoms with Gasteiger partial charge in [-0.3, -0.25) is 0 Å². The first-order valence-corrected chi connectivity index (χ1v) is 32.4. The Morgan fingerprint density at radius 3 is 0.538 bits per heavy atom. The average Bonchev–Trinajstić information content (AvgIpc) is 3.29. The number of hydrogen-bond acceptors (Lipinski definition) is 3. The highest BCUT2D eigenvalue weighted by atomic mass is 28.4. The summed E-state index contributed by atoms with van der Waals surface area (Å²) in [5, 5.41) is 0. The molecule has 4 nitrogen and oxygen atoms in total. The summed E-state index contributed by atoms with van der Waals surface area (Å²) in [4.78, 5) is 0. The van der Waals surface area contributed by atoms with Crippen molar-refractivity contribution in [2.75, 3.05) is 41.0 Å². The second-order valence-corrected chi connectivity index (χ2v) is 24.8. The van der Waals surface area contributed by atoms with E-state index < -0.39 is 8.80 Å². The minimum atomic E-state index is -2.92. The highest BCUT2D eigenvalue weighted by Gasteiger charge is 2.56. The largest absolute Gasteiger partial charge is 0.562 e. The molecule has 0 amide bonds. The molecular formula is C60H126NO3Si+. The molecule has 0 bridgehead atoms. The van der Waals surface area contributed by atoms with Crippen LogP contribution in [0.5, 0.6) is 0 Å². The minimum absolute atomic E-state index is 0.269. The van der Waals surface area contributed by atoms with Crippen molar-refractivity contribution in [2.24, 2.45) is 0 Å². The standard InChI is InChI=1S/C60H126NO3Si/c1-8-12-15-18-21-24-27-30-33-36-39-42-45-48-51-54-57-62-65(60(11-4)61(5,6)7,63-58-55-52-49-46-43-40-37-34-31-28-25-22-19-16-13-9-2)64-59-56-53-50-47-44-41-38-35-32-29-26-23-20-17-14-10-3/h60H,8-59H2,1-7H3/q+1. The van der Waals surface area contributed by atoms with Crippen LogP contribution in [0.25, 0.3) is 0 Å². The van der Waals surface area contributed by atoms with Gasteiger partial charge in [-0.1, -0.05) is 317 Å². The molecule has 0 aliphatic carbocycles. The lowest BCUT2D eigenvalue weighted by Gasteiger charge is -2.42. The van der Waals surface area contributed by atoms with Gasteiger partial charge >= 0.3 is 8.80 Å². The molecule has 1 unspecified atom stereocenters. The predicted molar refractivity (Wildman–Crippen MR) is 294 cm³/mol. The number of quaternary nitrogens is 1. The first kappa shape index (κ1) is 65.1. The van der Waals surface area contributed by atoms with E-state index >= 15 is 0 Å². The van der Waals surface area contributed by atoms with Gasteiger partial charge in [0.15, 0.2) is 5.67 Å². The molecule has 0 aliphatic heterocycles. The van der Waals surface area contributed by atoms with Gasteiger partial charge in [0, 0.05) is 26.2 Å². The molecule has 0 aliphatic rings. The summed E-state index contributed by atoms with van der Waals surface area (Å²) in [6.07, 6.45) is 68.0. The Morgan fingerprint density at radius 1 is 0.246 bits per heavy atom. The second-order valence-electron chi connectivity index (χ2n) is 22.1. The summed E-state index contributed by atoms with van der Waals surface area (Å²) in [7, 11) is 4.10. The Kier molecular flexibility index (Phi) is 51.9. The number of nitrogens with zero attached hydrogens (tertiary/aromatic N) is 1. The molecule has 65 heavy (non-hydrogen) atoms. The maximum absolute atomic E-state index is 7.07. The molecular weight excluding hydrogens is 811 g/mol. The molecule has 0 saturated carbocycles. The van der Waals surface area contributed by atoms with Crippen molar-refractivity contribution >= 4 is 8.80 Å². The molecule has 0 saturated heterocycles. The third-order valence-electron chi connectivity index (χ3n) is 14.6. The van der Waals surface area contributed by atoms with Crippen LogP contribution in [0.15, 0.2) is 0 Å². The van der Waals surface area contributed by atoms with Crippen molar-refractivity contribution in [1.29, 1.82) is 0 Å². The lowest BCUT2D eigenvalue weighted by molar-refractivity contribution is -0.887. The number of unbranched alkanes of at least 4 members (excludes halogenated alkanes) is 45. The van der Waals surface area contributed by atoms with Gasteiger partial charge in [0.25, 0.3) is 0 Å². The average molecular weight is 938 g/mol. The van der Waals surface area contributed by atoms with Crippen LogP contribution >= 0.6 is 0 Å². The summed E-state index contributed by atoms with van der Waals surface area (Å²) in [5.74, 6) is 0. The van der Waals surface area contributed by atoms with Crippen LogP contribution in [-0.4, -0.2) is 59.9 Å². The Hall–Kier alpha value is 0.0569. The third kappa shape index (κ3) is 45.0. The van der Waals surface area contributed by atoms with E-state index in [2.05, 4.69) is 48.8 Å². The van der Waals surface area contributed by atoms with Crippen molar-refractivity contribution in [3.8, 4) is 0 Å². The second kappa shape index (κ2) is 51.9. The van der Waals surface area contributed by atoms with Gasteiger partial charge in [0.05, 0.1) is 21.1 Å². The summed E-state index contributed by atoms with van der Waals surface area (Å²) in [6.45, 7) is 11.6. The Labute approximate surface area is 413 Å². The van der Waals surface area contributed by atoms with Crippen molar-refractivity contribution in [3.63, 3.8) is 0 Å². The summed E-state index contributed by atoms with van der Waals surface area (Å²) < 4.78 is 22.0. The van der Waals surface area contributed by atoms with E-state index in [9.17, 15) is 0 Å². The van der Waals surface area contributed by atoms with Crippen LogP contribution in [0.1, 0.15) is 342 Å². The summed E-state index contributed by atoms with van der Waals surface area (Å²) >= 11 is 0. The SMILES string of the molecule is CCCCCCCCCCCCCCCCCCO[Si](OCCCCCCCCCCCCCCCCCC)(OCCCCCCCCCCCCCCCCCC)C(CC)[N+](C)(C)C. The van der Waals surface area contributed by atoms with Crippen molar-refractivity contribution in [2.45, 2.75) is 348 Å². The Balaban J connectivity index is 4.74. The molecule has 5 heteroatoms. The zero-order chi connectivity index (χ0) is 47.5. The molecule has 0 aromatic rings. The lowest BCUT2D eigenvalue weighted by Crippen LogP contribution is -2.67. The molecule has 0 aromatic heterocycles. The molecule has 0 N–H and O–H groups in total. The van der Waals surface area contributed by atoms with Gasteiger partial charge in [0.1, 0.15) is 0 Å². The van der Waals surface area contributed by atoms with Crippen molar-refractivity contribution in [1.82, 2.24) is 0 Å². The van der Waals surface area contributed by atoms with Crippen molar-refractivity contribution < 1.29 is 17.8 Å². The van der Waals surface area contributed by atoms with Crippen LogP contribution in [0.4, 0.5) is 0 Å². The van der Waals surface area contributed by atoms with E-state index in [0.717, 1.165) is 50.0 Å². The van der Waals surface area contributed by atoms with Gasteiger partial charge in [-0.15, -0.1) is 0 Å². The van der Waals surface area contributed by atoms with Gasteiger partial charge in [-0.25, -0.2) is 0 Å². The predicted octanol–water partition coefficient (Wildman–Crippen LogP) is 20.8. The molecule has 0 radical (unpaired) electrons. The maximum atomic E-state index is 7.07. The molecule has 1 atom stereocenters. The highest BCUT2D eigenvalue weighted by molar-refractivity contribution is 6.62. The van der Waals surface area contributed by atoms with Crippen LogP contribution < -0.4 is 0 Å². The highest BCUT2D eigenvalue weighted by Crippen LogP contribution is 2.27. The lowest BCUT2D eigenvalue weighted by atomic mass is 10.0. The first-order chi connectivity index (χ1) is 31.9. The molecule has 0 aromatic carbocycles. The third-order valence-corrected chi connectivity index (χ3v) is 18.5. The number of rotatable bonds is 57. The monoisotopic (exact) mass is 937 g/mol. The van der Waals surface area contributed by atoms with Gasteiger partial charge < -0.3 is 17.8 Å². The molecule has 0 heterocycles. The zero-order valence-corrected chi connectivity index (χ0v) is 47.5. The fraction of sp³-hybridized carbons (Fsp3) is 1.00. The van der Waals surface area contributed by atoms with Gasteiger partial charge in [0.2, 0.25) is 0 Å². The zero-order valence-electron chi connectivity index (χ0n) is 46.5. The summed E-state index contributed by atoms with van der Waals surface area (Å²) in [5.41, 5.74) is 0.269. The van der Waals surface area contributed by atoms with Crippen LogP contribution in [0.3, 0.4) is 0 Å². The first-order valence-electron chi connectivity index (χ1n) is 30.6. The van der Waals surface area contributed by atoms with E-state index in [1.54, 1.807) is 0 Å². The molecule has 0 rings (SSSR count). The smallest absolute Gasteiger partial charge is 0.370 e. The number of hydrogen-bond donors (Lipinski definition) is 0. The van der Waals surface area contributed by atoms with Crippen LogP contribution in [0, 0.1) is 0 Å². The Bertz CT molecular complexity index is 786. The van der Waals surface area contributed by atoms with Gasteiger partial charge in [-0.05, 0) is 19.3 Å². The van der Waals surface area contributed by atoms with E-state index in [1.165, 1.54) is 289 Å². The molecule has 392 valence electrons. The summed E-state index contributed by atoms with van der Waals surface area (Å²) in [6, 6.07) is 0. The van der Waals surface area contributed by atoms with E-state index in [0.29, 0.717) is 0 Å². The minimum Gasteiger partial charge on any atom is -0.370 e. The van der Waals surface area contributed by atoms with E-state index in [-0.39, 0.29) is 5.67 Å². The van der Waals surface area contributed by atoms with E-state index in [4.69, 9.17) is 13.3 Å². The van der Waals surface area contributed by atoms with Crippen LogP contribution in [0.2, 0.25) is 0 Å². The topological polar surface area (TPSA) is 27.7 Å². The Morgan fingerprint density at radius 2 is 0.400 bits per heavy atom. The normalized spacial score (nSPS) is 12.8. The molecule has 0 spiro atoms. The quantitative estimate of drug-likeness (QED) is 0.0345. The maximum Gasteiger partial charge on any atom is 0.562 e. The fourth-order valence-corrected chi connectivity index (χ4v) is 13.8. The van der Waals surface area contributed by atoms with E-state index in [1.807, 2.05) is 0 Å². The van der Waals surface area contributed by atoms with Crippen molar-refractivity contribution in [3.05, 3.63) is 0 Å². The van der Waals surface area contributed by atoms with Gasteiger partial charge in [-0.2, -0.15) is 0 Å². The molecule has 0 fully saturated rings.